The minimum Gasteiger partial charge on any atom is -0.330 e. The molecule has 0 aliphatic carbocycles. The Hall–Kier alpha value is -1.13. The topological polar surface area (TPSA) is 68.0 Å². The first-order valence-electron chi connectivity index (χ1n) is 5.65. The Morgan fingerprint density at radius 1 is 1.65 bits per heavy atom. The van der Waals surface area contributed by atoms with Gasteiger partial charge in [-0.1, -0.05) is 18.5 Å². The van der Waals surface area contributed by atoms with E-state index < -0.39 is 0 Å². The number of anilines is 1. The Morgan fingerprint density at radius 2 is 2.35 bits per heavy atom. The van der Waals surface area contributed by atoms with Crippen molar-refractivity contribution in [3.05, 3.63) is 23.0 Å². The molecule has 5 heteroatoms. The molecule has 1 amide bonds. The summed E-state index contributed by atoms with van der Waals surface area (Å²) in [5.74, 6) is 0.298. The lowest BCUT2D eigenvalue weighted by molar-refractivity contribution is -0.116. The van der Waals surface area contributed by atoms with Crippen molar-refractivity contribution in [2.75, 3.05) is 11.9 Å². The Bertz CT molecular complexity index is 395. The summed E-state index contributed by atoms with van der Waals surface area (Å²) in [6.45, 7) is 4.52. The number of nitrogens with zero attached hydrogens (tertiary/aromatic N) is 1. The number of amides is 1. The van der Waals surface area contributed by atoms with Crippen molar-refractivity contribution in [1.29, 1.82) is 0 Å². The van der Waals surface area contributed by atoms with Crippen LogP contribution >= 0.6 is 11.6 Å². The highest BCUT2D eigenvalue weighted by Crippen LogP contribution is 2.20. The number of aryl methyl sites for hydroxylation is 1. The van der Waals surface area contributed by atoms with Gasteiger partial charge in [-0.15, -0.1) is 0 Å². The number of aromatic nitrogens is 1. The van der Waals surface area contributed by atoms with E-state index in [2.05, 4.69) is 10.3 Å². The highest BCUT2D eigenvalue weighted by atomic mass is 35.5. The predicted octanol–water partition coefficient (Wildman–Crippen LogP) is 2.36. The lowest BCUT2D eigenvalue weighted by Gasteiger charge is -2.09. The Labute approximate surface area is 107 Å². The summed E-state index contributed by atoms with van der Waals surface area (Å²) in [7, 11) is 0. The second-order valence-electron chi connectivity index (χ2n) is 4.28. The van der Waals surface area contributed by atoms with Gasteiger partial charge in [-0.2, -0.15) is 0 Å². The second kappa shape index (κ2) is 6.57. The molecule has 0 aliphatic rings. The zero-order valence-corrected chi connectivity index (χ0v) is 10.9. The minimum absolute atomic E-state index is 0.0559. The summed E-state index contributed by atoms with van der Waals surface area (Å²) in [4.78, 5) is 15.6. The number of halogens is 1. The van der Waals surface area contributed by atoms with Gasteiger partial charge in [-0.25, -0.2) is 4.98 Å². The molecule has 1 aromatic rings. The SMILES string of the molecule is Cc1cnc(Cl)c(NC(=O)CCC(C)CN)c1. The molecule has 17 heavy (non-hydrogen) atoms. The summed E-state index contributed by atoms with van der Waals surface area (Å²) in [6, 6.07) is 1.81. The zero-order valence-electron chi connectivity index (χ0n) is 10.2. The molecule has 1 rings (SSSR count). The highest BCUT2D eigenvalue weighted by Gasteiger charge is 2.08. The third-order valence-corrected chi connectivity index (χ3v) is 2.82. The Balaban J connectivity index is 2.53. The molecular weight excluding hydrogens is 238 g/mol. The average Bonchev–Trinajstić information content (AvgIpc) is 2.30. The lowest BCUT2D eigenvalue weighted by atomic mass is 10.1. The van der Waals surface area contributed by atoms with Crippen molar-refractivity contribution in [3.63, 3.8) is 0 Å². The molecule has 0 fully saturated rings. The first-order valence-corrected chi connectivity index (χ1v) is 6.02. The van der Waals surface area contributed by atoms with E-state index in [-0.39, 0.29) is 5.91 Å². The van der Waals surface area contributed by atoms with Gasteiger partial charge in [0.1, 0.15) is 0 Å². The van der Waals surface area contributed by atoms with E-state index in [1.54, 1.807) is 12.3 Å². The number of carbonyl (C=O) groups is 1. The van der Waals surface area contributed by atoms with E-state index in [0.29, 0.717) is 29.7 Å². The van der Waals surface area contributed by atoms with Crippen LogP contribution in [0.1, 0.15) is 25.3 Å². The maximum atomic E-state index is 11.7. The van der Waals surface area contributed by atoms with Crippen LogP contribution in [0.3, 0.4) is 0 Å². The molecule has 0 saturated heterocycles. The Kier molecular flexibility index (Phi) is 5.38. The highest BCUT2D eigenvalue weighted by molar-refractivity contribution is 6.32. The third kappa shape index (κ3) is 4.71. The quantitative estimate of drug-likeness (QED) is 0.794. The molecule has 3 N–H and O–H groups in total. The molecule has 0 spiro atoms. The van der Waals surface area contributed by atoms with Gasteiger partial charge in [0.05, 0.1) is 5.69 Å². The van der Waals surface area contributed by atoms with Crippen LogP contribution in [0, 0.1) is 12.8 Å². The van der Waals surface area contributed by atoms with E-state index in [1.165, 1.54) is 0 Å². The molecular formula is C12H18ClN3O. The van der Waals surface area contributed by atoms with E-state index in [4.69, 9.17) is 17.3 Å². The number of pyridine rings is 1. The molecule has 0 radical (unpaired) electrons. The van der Waals surface area contributed by atoms with E-state index in [0.717, 1.165) is 12.0 Å². The smallest absolute Gasteiger partial charge is 0.224 e. The van der Waals surface area contributed by atoms with Gasteiger partial charge in [0.15, 0.2) is 5.15 Å². The lowest BCUT2D eigenvalue weighted by Crippen LogP contribution is -2.16. The molecule has 1 unspecified atom stereocenters. The van der Waals surface area contributed by atoms with E-state index in [9.17, 15) is 4.79 Å². The summed E-state index contributed by atoms with van der Waals surface area (Å²) < 4.78 is 0. The van der Waals surface area contributed by atoms with Crippen molar-refractivity contribution in [3.8, 4) is 0 Å². The monoisotopic (exact) mass is 255 g/mol. The predicted molar refractivity (Wildman–Crippen MR) is 70.1 cm³/mol. The van der Waals surface area contributed by atoms with Crippen LogP contribution in [0.15, 0.2) is 12.3 Å². The van der Waals surface area contributed by atoms with Gasteiger partial charge < -0.3 is 11.1 Å². The van der Waals surface area contributed by atoms with Crippen molar-refractivity contribution in [2.24, 2.45) is 11.7 Å². The van der Waals surface area contributed by atoms with Crippen LogP contribution in [0.25, 0.3) is 0 Å². The van der Waals surface area contributed by atoms with Gasteiger partial charge in [-0.05, 0) is 37.4 Å². The Morgan fingerprint density at radius 3 is 3.00 bits per heavy atom. The molecule has 0 saturated carbocycles. The first kappa shape index (κ1) is 13.9. The summed E-state index contributed by atoms with van der Waals surface area (Å²) in [5, 5.41) is 3.07. The molecule has 4 nitrogen and oxygen atoms in total. The standard InChI is InChI=1S/C12H18ClN3O/c1-8(6-14)3-4-11(17)16-10-5-9(2)7-15-12(10)13/h5,7-8H,3-4,6,14H2,1-2H3,(H,16,17). The molecule has 94 valence electrons. The molecule has 1 atom stereocenters. The molecule has 1 heterocycles. The number of nitrogens with two attached hydrogens (primary N) is 1. The van der Waals surface area contributed by atoms with Gasteiger partial charge >= 0.3 is 0 Å². The van der Waals surface area contributed by atoms with Crippen molar-refractivity contribution >= 4 is 23.2 Å². The number of nitrogens with one attached hydrogen (secondary N) is 1. The maximum Gasteiger partial charge on any atom is 0.224 e. The van der Waals surface area contributed by atoms with E-state index >= 15 is 0 Å². The summed E-state index contributed by atoms with van der Waals surface area (Å²) in [6.07, 6.45) is 2.89. The third-order valence-electron chi connectivity index (χ3n) is 2.52. The van der Waals surface area contributed by atoms with Gasteiger partial charge in [-0.3, -0.25) is 4.79 Å². The van der Waals surface area contributed by atoms with Crippen molar-refractivity contribution < 1.29 is 4.79 Å². The average molecular weight is 256 g/mol. The van der Waals surface area contributed by atoms with E-state index in [1.807, 2.05) is 13.8 Å². The number of carbonyl (C=O) groups excluding carboxylic acids is 1. The minimum atomic E-state index is -0.0559. The fraction of sp³-hybridized carbons (Fsp3) is 0.500. The molecule has 0 aromatic carbocycles. The zero-order chi connectivity index (χ0) is 12.8. The van der Waals surface area contributed by atoms with Crippen LogP contribution in [0.5, 0.6) is 0 Å². The molecule has 0 aliphatic heterocycles. The summed E-state index contributed by atoms with van der Waals surface area (Å²) >= 11 is 5.88. The van der Waals surface area contributed by atoms with Crippen LogP contribution in [0.4, 0.5) is 5.69 Å². The van der Waals surface area contributed by atoms with Crippen LogP contribution in [-0.4, -0.2) is 17.4 Å². The normalized spacial score (nSPS) is 12.2. The molecule has 0 bridgehead atoms. The van der Waals surface area contributed by atoms with Crippen LogP contribution in [0.2, 0.25) is 5.15 Å². The van der Waals surface area contributed by atoms with Crippen molar-refractivity contribution in [1.82, 2.24) is 4.98 Å². The van der Waals surface area contributed by atoms with Crippen LogP contribution in [-0.2, 0) is 4.79 Å². The fourth-order valence-corrected chi connectivity index (χ4v) is 1.50. The fourth-order valence-electron chi connectivity index (χ4n) is 1.35. The number of hydrogen-bond donors (Lipinski definition) is 2. The number of hydrogen-bond acceptors (Lipinski definition) is 3. The second-order valence-corrected chi connectivity index (χ2v) is 4.64. The largest absolute Gasteiger partial charge is 0.330 e. The maximum absolute atomic E-state index is 11.7. The number of rotatable bonds is 5. The van der Waals surface area contributed by atoms with Crippen LogP contribution < -0.4 is 11.1 Å². The molecule has 1 aromatic heterocycles. The summed E-state index contributed by atoms with van der Waals surface area (Å²) in [5.41, 5.74) is 7.02. The first-order chi connectivity index (χ1) is 8.02. The van der Waals surface area contributed by atoms with Gasteiger partial charge in [0.2, 0.25) is 5.91 Å². The van der Waals surface area contributed by atoms with Gasteiger partial charge in [0.25, 0.3) is 0 Å². The van der Waals surface area contributed by atoms with Gasteiger partial charge in [0, 0.05) is 12.6 Å². The van der Waals surface area contributed by atoms with Crippen molar-refractivity contribution in [2.45, 2.75) is 26.7 Å².